The highest BCUT2D eigenvalue weighted by Crippen LogP contribution is 2.23. The van der Waals surface area contributed by atoms with Gasteiger partial charge in [-0.05, 0) is 26.2 Å². The van der Waals surface area contributed by atoms with E-state index in [0.29, 0.717) is 24.3 Å². The van der Waals surface area contributed by atoms with Crippen molar-refractivity contribution in [1.82, 2.24) is 25.0 Å². The van der Waals surface area contributed by atoms with E-state index in [0.717, 1.165) is 52.1 Å². The molecule has 2 aliphatic rings. The minimum Gasteiger partial charge on any atom is -0.438 e. The number of carbonyl (C=O) groups excluding carboxylic acids is 2. The summed E-state index contributed by atoms with van der Waals surface area (Å²) >= 11 is 0. The molecule has 9 nitrogen and oxygen atoms in total. The van der Waals surface area contributed by atoms with E-state index >= 15 is 0 Å². The summed E-state index contributed by atoms with van der Waals surface area (Å²) in [5.41, 5.74) is 0.590. The fraction of sp³-hybridized carbons (Fsp3) is 0.737. The number of urea groups is 1. The van der Waals surface area contributed by atoms with E-state index in [2.05, 4.69) is 15.2 Å². The maximum Gasteiger partial charge on any atom is 0.319 e. The van der Waals surface area contributed by atoms with Gasteiger partial charge < -0.3 is 24.3 Å². The molecule has 2 aliphatic heterocycles. The lowest BCUT2D eigenvalue weighted by Gasteiger charge is -2.38. The molecule has 1 unspecified atom stereocenters. The average molecular weight is 393 g/mol. The van der Waals surface area contributed by atoms with E-state index in [1.54, 1.807) is 25.9 Å². The zero-order valence-corrected chi connectivity index (χ0v) is 17.0. The first kappa shape index (κ1) is 20.6. The van der Waals surface area contributed by atoms with Gasteiger partial charge in [0.1, 0.15) is 0 Å². The second-order valence-corrected chi connectivity index (χ2v) is 7.67. The van der Waals surface area contributed by atoms with E-state index in [-0.39, 0.29) is 17.7 Å². The summed E-state index contributed by atoms with van der Waals surface area (Å²) < 4.78 is 10.7. The zero-order chi connectivity index (χ0) is 20.1. The molecule has 2 fully saturated rings. The standard InChI is InChI=1S/C19H31N5O4/c1-14-17(28-13-21-14)18(25)20-7-9-24(15-5-10-27-11-6-15)16-4-8-23(12-16)19(26)22(2)3/h13,15-16H,4-12H2,1-3H3,(H,20,25). The van der Waals surface area contributed by atoms with Crippen molar-refractivity contribution in [3.63, 3.8) is 0 Å². The number of nitrogens with one attached hydrogen (secondary N) is 1. The summed E-state index contributed by atoms with van der Waals surface area (Å²) in [4.78, 5) is 34.5. The summed E-state index contributed by atoms with van der Waals surface area (Å²) in [5.74, 6) is 0.0269. The Morgan fingerprint density at radius 1 is 1.25 bits per heavy atom. The molecule has 1 aromatic rings. The summed E-state index contributed by atoms with van der Waals surface area (Å²) in [6, 6.07) is 0.775. The number of aromatic nitrogens is 1. The van der Waals surface area contributed by atoms with Gasteiger partial charge in [-0.3, -0.25) is 9.69 Å². The fourth-order valence-corrected chi connectivity index (χ4v) is 4.05. The van der Waals surface area contributed by atoms with Gasteiger partial charge in [-0.2, -0.15) is 0 Å². The van der Waals surface area contributed by atoms with Crippen molar-refractivity contribution >= 4 is 11.9 Å². The third-order valence-corrected chi connectivity index (χ3v) is 5.55. The number of aryl methyl sites for hydroxylation is 1. The Labute approximate surface area is 166 Å². The molecule has 1 atom stereocenters. The third-order valence-electron chi connectivity index (χ3n) is 5.55. The smallest absolute Gasteiger partial charge is 0.319 e. The normalized spacial score (nSPS) is 20.6. The van der Waals surface area contributed by atoms with E-state index in [1.807, 2.05) is 4.90 Å². The largest absolute Gasteiger partial charge is 0.438 e. The topological polar surface area (TPSA) is 91.1 Å². The van der Waals surface area contributed by atoms with Crippen LogP contribution in [-0.2, 0) is 4.74 Å². The van der Waals surface area contributed by atoms with Gasteiger partial charge >= 0.3 is 6.03 Å². The number of rotatable bonds is 6. The Hall–Kier alpha value is -2.13. The predicted molar refractivity (Wildman–Crippen MR) is 103 cm³/mol. The van der Waals surface area contributed by atoms with Crippen LogP contribution in [0.4, 0.5) is 4.79 Å². The Bertz CT molecular complexity index is 671. The van der Waals surface area contributed by atoms with Crippen LogP contribution in [0, 0.1) is 6.92 Å². The Balaban J connectivity index is 1.59. The van der Waals surface area contributed by atoms with Gasteiger partial charge in [0.2, 0.25) is 5.76 Å². The monoisotopic (exact) mass is 393 g/mol. The summed E-state index contributed by atoms with van der Waals surface area (Å²) in [6.45, 7) is 6.03. The number of nitrogens with zero attached hydrogens (tertiary/aromatic N) is 4. The van der Waals surface area contributed by atoms with Crippen LogP contribution in [0.5, 0.6) is 0 Å². The van der Waals surface area contributed by atoms with E-state index < -0.39 is 0 Å². The zero-order valence-electron chi connectivity index (χ0n) is 17.0. The van der Waals surface area contributed by atoms with Crippen molar-refractivity contribution in [1.29, 1.82) is 0 Å². The number of hydrogen-bond donors (Lipinski definition) is 1. The number of hydrogen-bond acceptors (Lipinski definition) is 6. The number of amides is 3. The van der Waals surface area contributed by atoms with Gasteiger partial charge in [0.15, 0.2) is 6.39 Å². The number of oxazole rings is 1. The number of ether oxygens (including phenoxy) is 1. The molecule has 0 spiro atoms. The van der Waals surface area contributed by atoms with Crippen LogP contribution in [0.3, 0.4) is 0 Å². The minimum atomic E-state index is -0.238. The molecule has 3 heterocycles. The predicted octanol–water partition coefficient (Wildman–Crippen LogP) is 0.950. The molecule has 28 heavy (non-hydrogen) atoms. The van der Waals surface area contributed by atoms with Crippen LogP contribution in [0.25, 0.3) is 0 Å². The maximum absolute atomic E-state index is 12.3. The molecule has 0 radical (unpaired) electrons. The van der Waals surface area contributed by atoms with Crippen LogP contribution < -0.4 is 5.32 Å². The van der Waals surface area contributed by atoms with E-state index in [1.165, 1.54) is 6.39 Å². The van der Waals surface area contributed by atoms with Crippen LogP contribution in [0.15, 0.2) is 10.8 Å². The van der Waals surface area contributed by atoms with E-state index in [4.69, 9.17) is 9.15 Å². The first-order valence-corrected chi connectivity index (χ1v) is 9.95. The lowest BCUT2D eigenvalue weighted by molar-refractivity contribution is 0.0187. The van der Waals surface area contributed by atoms with E-state index in [9.17, 15) is 9.59 Å². The molecular weight excluding hydrogens is 362 g/mol. The number of likely N-dealkylation sites (tertiary alicyclic amines) is 1. The van der Waals surface area contributed by atoms with Crippen LogP contribution in [0.2, 0.25) is 0 Å². The van der Waals surface area contributed by atoms with Crippen molar-refractivity contribution < 1.29 is 18.7 Å². The summed E-state index contributed by atoms with van der Waals surface area (Å²) in [6.07, 6.45) is 4.19. The van der Waals surface area contributed by atoms with Crippen LogP contribution in [-0.4, -0.2) is 97.2 Å². The van der Waals surface area contributed by atoms with Crippen LogP contribution >= 0.6 is 0 Å². The molecule has 0 aliphatic carbocycles. The molecule has 0 bridgehead atoms. The lowest BCUT2D eigenvalue weighted by Crippen LogP contribution is -2.50. The SMILES string of the molecule is Cc1ncoc1C(=O)NCCN(C1CCOCC1)C1CCN(C(=O)N(C)C)C1. The highest BCUT2D eigenvalue weighted by atomic mass is 16.5. The Kier molecular flexibility index (Phi) is 6.90. The quantitative estimate of drug-likeness (QED) is 0.774. The number of carbonyl (C=O) groups is 2. The molecule has 156 valence electrons. The second kappa shape index (κ2) is 9.38. The molecule has 3 rings (SSSR count). The van der Waals surface area contributed by atoms with Gasteiger partial charge in [0, 0.05) is 65.6 Å². The molecule has 0 aromatic carbocycles. The second-order valence-electron chi connectivity index (χ2n) is 7.67. The van der Waals surface area contributed by atoms with Crippen molar-refractivity contribution in [3.05, 3.63) is 17.8 Å². The van der Waals surface area contributed by atoms with Crippen LogP contribution in [0.1, 0.15) is 35.5 Å². The van der Waals surface area contributed by atoms with Crippen molar-refractivity contribution in [2.75, 3.05) is 53.5 Å². The average Bonchev–Trinajstić information content (AvgIpc) is 3.34. The van der Waals surface area contributed by atoms with Gasteiger partial charge in [-0.25, -0.2) is 9.78 Å². The van der Waals surface area contributed by atoms with Crippen molar-refractivity contribution in [2.45, 2.75) is 38.3 Å². The molecular formula is C19H31N5O4. The molecule has 1 N–H and O–H groups in total. The van der Waals surface area contributed by atoms with Gasteiger partial charge in [0.25, 0.3) is 5.91 Å². The first-order chi connectivity index (χ1) is 13.5. The molecule has 1 aromatic heterocycles. The lowest BCUT2D eigenvalue weighted by atomic mass is 10.0. The minimum absolute atomic E-state index is 0.0588. The molecule has 9 heteroatoms. The molecule has 2 saturated heterocycles. The van der Waals surface area contributed by atoms with Crippen molar-refractivity contribution in [3.8, 4) is 0 Å². The fourth-order valence-electron chi connectivity index (χ4n) is 4.05. The van der Waals surface area contributed by atoms with Gasteiger partial charge in [-0.15, -0.1) is 0 Å². The highest BCUT2D eigenvalue weighted by Gasteiger charge is 2.34. The summed E-state index contributed by atoms with van der Waals surface area (Å²) in [7, 11) is 3.57. The third kappa shape index (κ3) is 4.82. The van der Waals surface area contributed by atoms with Gasteiger partial charge in [-0.1, -0.05) is 0 Å². The Morgan fingerprint density at radius 3 is 2.64 bits per heavy atom. The molecule has 3 amide bonds. The highest BCUT2D eigenvalue weighted by molar-refractivity contribution is 5.92. The maximum atomic E-state index is 12.3. The molecule has 0 saturated carbocycles. The first-order valence-electron chi connectivity index (χ1n) is 9.95. The Morgan fingerprint density at radius 2 is 2.00 bits per heavy atom. The van der Waals surface area contributed by atoms with Crippen molar-refractivity contribution in [2.24, 2.45) is 0 Å². The van der Waals surface area contributed by atoms with Gasteiger partial charge in [0.05, 0.1) is 5.69 Å². The summed E-state index contributed by atoms with van der Waals surface area (Å²) in [5, 5.41) is 2.94.